The van der Waals surface area contributed by atoms with Crippen LogP contribution in [0.1, 0.15) is 30.9 Å². The number of rotatable bonds is 11. The first kappa shape index (κ1) is 24.5. The normalized spacial score (nSPS) is 12.2. The van der Waals surface area contributed by atoms with E-state index in [1.165, 1.54) is 4.31 Å². The molecule has 2 aromatic rings. The lowest BCUT2D eigenvalue weighted by Crippen LogP contribution is -2.49. The van der Waals surface area contributed by atoms with Gasteiger partial charge < -0.3 is 14.8 Å². The van der Waals surface area contributed by atoms with Crippen LogP contribution in [0, 0.1) is 6.92 Å². The van der Waals surface area contributed by atoms with Crippen molar-refractivity contribution >= 4 is 21.6 Å². The minimum absolute atomic E-state index is 0.305. The largest absolute Gasteiger partial charge is 0.493 e. The number of sulfonamides is 1. The summed E-state index contributed by atoms with van der Waals surface area (Å²) in [4.78, 5) is 12.8. The fourth-order valence-electron chi connectivity index (χ4n) is 3.41. The average Bonchev–Trinajstić information content (AvgIpc) is 2.74. The number of methoxy groups -OCH3 is 2. The van der Waals surface area contributed by atoms with Gasteiger partial charge in [0.2, 0.25) is 15.9 Å². The van der Waals surface area contributed by atoms with E-state index in [2.05, 4.69) is 5.32 Å². The molecular formula is C23H32N2O5S. The zero-order chi connectivity index (χ0) is 23.0. The van der Waals surface area contributed by atoms with Crippen LogP contribution >= 0.6 is 0 Å². The summed E-state index contributed by atoms with van der Waals surface area (Å²) in [6, 6.07) is 12.0. The summed E-state index contributed by atoms with van der Waals surface area (Å²) in [7, 11) is -0.446. The Kier molecular flexibility index (Phi) is 8.74. The summed E-state index contributed by atoms with van der Waals surface area (Å²) >= 11 is 0. The molecule has 1 N–H and O–H groups in total. The van der Waals surface area contributed by atoms with Gasteiger partial charge in [0.25, 0.3) is 0 Å². The number of carbonyl (C=O) groups is 1. The Morgan fingerprint density at radius 3 is 2.26 bits per heavy atom. The van der Waals surface area contributed by atoms with Crippen molar-refractivity contribution in [3.05, 3.63) is 53.6 Å². The van der Waals surface area contributed by atoms with Gasteiger partial charge in [-0.3, -0.25) is 9.10 Å². The summed E-state index contributed by atoms with van der Waals surface area (Å²) in [5.74, 6) is 1.03. The molecule has 0 saturated heterocycles. The molecule has 1 amide bonds. The predicted octanol–water partition coefficient (Wildman–Crippen LogP) is 3.31. The third-order valence-electron chi connectivity index (χ3n) is 5.01. The molecule has 0 aliphatic heterocycles. The number of hydrogen-bond acceptors (Lipinski definition) is 5. The van der Waals surface area contributed by atoms with Gasteiger partial charge in [0.05, 0.1) is 26.2 Å². The third-order valence-corrected chi connectivity index (χ3v) is 6.19. The van der Waals surface area contributed by atoms with Crippen molar-refractivity contribution in [2.75, 3.05) is 31.3 Å². The van der Waals surface area contributed by atoms with Crippen molar-refractivity contribution in [1.29, 1.82) is 0 Å². The molecule has 0 aliphatic rings. The topological polar surface area (TPSA) is 84.9 Å². The molecular weight excluding hydrogens is 416 g/mol. The highest BCUT2D eigenvalue weighted by Gasteiger charge is 2.31. The SMILES string of the molecule is CC[C@H](C(=O)NCCCc1ccc(OC)c(OC)c1)N(c1ccc(C)cc1)S(C)(=O)=O. The first-order valence-corrected chi connectivity index (χ1v) is 12.1. The zero-order valence-corrected chi connectivity index (χ0v) is 19.7. The second kappa shape index (κ2) is 11.0. The molecule has 1 atom stereocenters. The minimum atomic E-state index is -3.63. The number of anilines is 1. The molecule has 0 fully saturated rings. The molecule has 0 radical (unpaired) electrons. The molecule has 0 heterocycles. The van der Waals surface area contributed by atoms with Crippen LogP contribution in [0.4, 0.5) is 5.69 Å². The van der Waals surface area contributed by atoms with Crippen molar-refractivity contribution in [3.8, 4) is 11.5 Å². The molecule has 0 aromatic heterocycles. The first-order chi connectivity index (χ1) is 14.7. The standard InChI is InChI=1S/C23H32N2O5S/c1-6-20(25(31(5,27)28)19-12-9-17(2)10-13-19)23(26)24-15-7-8-18-11-14-21(29-3)22(16-18)30-4/h9-14,16,20H,6-8,15H2,1-5H3,(H,24,26)/t20-/m1/s1. The third kappa shape index (κ3) is 6.62. The van der Waals surface area contributed by atoms with Gasteiger partial charge in [0.15, 0.2) is 11.5 Å². The lowest BCUT2D eigenvalue weighted by atomic mass is 10.1. The number of amides is 1. The van der Waals surface area contributed by atoms with E-state index in [4.69, 9.17) is 9.47 Å². The zero-order valence-electron chi connectivity index (χ0n) is 18.8. The summed E-state index contributed by atoms with van der Waals surface area (Å²) in [6.07, 6.45) is 2.94. The molecule has 0 bridgehead atoms. The van der Waals surface area contributed by atoms with Crippen molar-refractivity contribution in [3.63, 3.8) is 0 Å². The van der Waals surface area contributed by atoms with Crippen LogP contribution in [-0.2, 0) is 21.2 Å². The number of hydrogen-bond donors (Lipinski definition) is 1. The number of nitrogens with one attached hydrogen (secondary N) is 1. The maximum atomic E-state index is 12.8. The highest BCUT2D eigenvalue weighted by molar-refractivity contribution is 7.92. The predicted molar refractivity (Wildman–Crippen MR) is 123 cm³/mol. The van der Waals surface area contributed by atoms with Gasteiger partial charge in [-0.2, -0.15) is 0 Å². The maximum Gasteiger partial charge on any atom is 0.243 e. The average molecular weight is 449 g/mol. The van der Waals surface area contributed by atoms with Gasteiger partial charge in [0, 0.05) is 6.54 Å². The van der Waals surface area contributed by atoms with E-state index >= 15 is 0 Å². The van der Waals surface area contributed by atoms with E-state index in [1.807, 2.05) is 37.3 Å². The van der Waals surface area contributed by atoms with Crippen LogP contribution < -0.4 is 19.1 Å². The molecule has 0 aliphatic carbocycles. The summed E-state index contributed by atoms with van der Waals surface area (Å²) < 4.78 is 36.7. The fourth-order valence-corrected chi connectivity index (χ4v) is 4.62. The number of carbonyl (C=O) groups excluding carboxylic acids is 1. The highest BCUT2D eigenvalue weighted by Crippen LogP contribution is 2.28. The van der Waals surface area contributed by atoms with E-state index in [0.29, 0.717) is 36.6 Å². The Hall–Kier alpha value is -2.74. The summed E-state index contributed by atoms with van der Waals surface area (Å²) in [6.45, 7) is 4.17. The maximum absolute atomic E-state index is 12.8. The fraction of sp³-hybridized carbons (Fsp3) is 0.435. The molecule has 7 nitrogen and oxygen atoms in total. The first-order valence-electron chi connectivity index (χ1n) is 10.3. The van der Waals surface area contributed by atoms with Crippen LogP contribution in [0.15, 0.2) is 42.5 Å². The van der Waals surface area contributed by atoms with Crippen LogP contribution in [0.25, 0.3) is 0 Å². The number of ether oxygens (including phenoxy) is 2. The Balaban J connectivity index is 2.02. The quantitative estimate of drug-likeness (QED) is 0.533. The minimum Gasteiger partial charge on any atom is -0.493 e. The molecule has 0 unspecified atom stereocenters. The van der Waals surface area contributed by atoms with Gasteiger partial charge >= 0.3 is 0 Å². The Labute approximate surface area is 185 Å². The number of aryl methyl sites for hydroxylation is 2. The smallest absolute Gasteiger partial charge is 0.243 e. The van der Waals surface area contributed by atoms with Gasteiger partial charge in [0.1, 0.15) is 6.04 Å². The van der Waals surface area contributed by atoms with E-state index < -0.39 is 16.1 Å². The number of benzene rings is 2. The lowest BCUT2D eigenvalue weighted by molar-refractivity contribution is -0.122. The van der Waals surface area contributed by atoms with Crippen molar-refractivity contribution in [1.82, 2.24) is 5.32 Å². The van der Waals surface area contributed by atoms with Gasteiger partial charge in [-0.25, -0.2) is 8.42 Å². The van der Waals surface area contributed by atoms with Gasteiger partial charge in [-0.15, -0.1) is 0 Å². The molecule has 31 heavy (non-hydrogen) atoms. The second-order valence-electron chi connectivity index (χ2n) is 7.40. The van der Waals surface area contributed by atoms with E-state index in [9.17, 15) is 13.2 Å². The molecule has 2 rings (SSSR count). The Bertz CT molecular complexity index is 974. The highest BCUT2D eigenvalue weighted by atomic mass is 32.2. The van der Waals surface area contributed by atoms with E-state index in [-0.39, 0.29) is 5.91 Å². The monoisotopic (exact) mass is 448 g/mol. The van der Waals surface area contributed by atoms with Crippen LogP contribution in [0.5, 0.6) is 11.5 Å². The van der Waals surface area contributed by atoms with Crippen molar-refractivity contribution in [2.45, 2.75) is 39.2 Å². The number of nitrogens with zero attached hydrogens (tertiary/aromatic N) is 1. The van der Waals surface area contributed by atoms with E-state index in [0.717, 1.165) is 23.8 Å². The molecule has 0 spiro atoms. The molecule has 2 aromatic carbocycles. The Morgan fingerprint density at radius 1 is 1.06 bits per heavy atom. The Morgan fingerprint density at radius 2 is 1.71 bits per heavy atom. The second-order valence-corrected chi connectivity index (χ2v) is 9.26. The van der Waals surface area contributed by atoms with Gasteiger partial charge in [-0.05, 0) is 56.0 Å². The molecule has 170 valence electrons. The lowest BCUT2D eigenvalue weighted by Gasteiger charge is -2.30. The van der Waals surface area contributed by atoms with E-state index in [1.54, 1.807) is 33.3 Å². The van der Waals surface area contributed by atoms with Crippen molar-refractivity contribution < 1.29 is 22.7 Å². The van der Waals surface area contributed by atoms with Crippen LogP contribution in [-0.4, -0.2) is 47.4 Å². The van der Waals surface area contributed by atoms with Crippen LogP contribution in [0.3, 0.4) is 0 Å². The summed E-state index contributed by atoms with van der Waals surface area (Å²) in [5.41, 5.74) is 2.57. The molecule has 8 heteroatoms. The van der Waals surface area contributed by atoms with Crippen molar-refractivity contribution in [2.24, 2.45) is 0 Å². The molecule has 0 saturated carbocycles. The van der Waals surface area contributed by atoms with Crippen LogP contribution in [0.2, 0.25) is 0 Å². The summed E-state index contributed by atoms with van der Waals surface area (Å²) in [5, 5.41) is 2.89. The van der Waals surface area contributed by atoms with Gasteiger partial charge in [-0.1, -0.05) is 30.7 Å².